The maximum atomic E-state index is 12.7. The molecule has 4 aromatic rings. The van der Waals surface area contributed by atoms with Crippen molar-refractivity contribution < 1.29 is 13.9 Å². The van der Waals surface area contributed by atoms with Gasteiger partial charge in [0.2, 0.25) is 5.89 Å². The highest BCUT2D eigenvalue weighted by atomic mass is 16.5. The molecule has 8 heteroatoms. The van der Waals surface area contributed by atoms with Crippen molar-refractivity contribution in [3.63, 3.8) is 0 Å². The summed E-state index contributed by atoms with van der Waals surface area (Å²) in [4.78, 5) is 12.7. The highest BCUT2D eigenvalue weighted by Gasteiger charge is 2.29. The first-order chi connectivity index (χ1) is 17.7. The highest BCUT2D eigenvalue weighted by molar-refractivity contribution is 5.94. The highest BCUT2D eigenvalue weighted by Crippen LogP contribution is 2.42. The molecule has 8 nitrogen and oxygen atoms in total. The number of nitrogens with zero attached hydrogens (tertiary/aromatic N) is 4. The second-order valence-electron chi connectivity index (χ2n) is 9.16. The molecule has 0 unspecified atom stereocenters. The molecule has 3 heterocycles. The van der Waals surface area contributed by atoms with E-state index in [0.29, 0.717) is 36.2 Å². The molecule has 1 N–H and O–H groups in total. The predicted molar refractivity (Wildman–Crippen MR) is 135 cm³/mol. The molecule has 0 bridgehead atoms. The van der Waals surface area contributed by atoms with Gasteiger partial charge < -0.3 is 14.5 Å². The summed E-state index contributed by atoms with van der Waals surface area (Å²) in [5, 5.41) is 16.1. The van der Waals surface area contributed by atoms with E-state index in [4.69, 9.17) is 14.3 Å². The number of fused-ring (bicyclic) bond motifs is 3. The Morgan fingerprint density at radius 1 is 1.08 bits per heavy atom. The van der Waals surface area contributed by atoms with E-state index in [1.165, 1.54) is 18.4 Å². The van der Waals surface area contributed by atoms with Crippen LogP contribution in [0, 0.1) is 6.92 Å². The monoisotopic (exact) mass is 481 g/mol. The summed E-state index contributed by atoms with van der Waals surface area (Å²) in [5.41, 5.74) is 6.24. The average molecular weight is 482 g/mol. The van der Waals surface area contributed by atoms with Gasteiger partial charge in [0.15, 0.2) is 5.69 Å². The van der Waals surface area contributed by atoms with Crippen LogP contribution in [-0.4, -0.2) is 32.4 Å². The van der Waals surface area contributed by atoms with Crippen molar-refractivity contribution in [2.45, 2.75) is 45.6 Å². The Hall–Kier alpha value is -4.20. The number of allylic oxidation sites excluding steroid dienone is 1. The Kier molecular flexibility index (Phi) is 5.85. The lowest BCUT2D eigenvalue weighted by Gasteiger charge is -2.19. The van der Waals surface area contributed by atoms with Gasteiger partial charge >= 0.3 is 0 Å². The molecule has 0 atom stereocenters. The van der Waals surface area contributed by atoms with E-state index in [2.05, 4.69) is 21.6 Å². The van der Waals surface area contributed by atoms with Crippen molar-refractivity contribution in [2.24, 2.45) is 0 Å². The first kappa shape index (κ1) is 22.3. The number of aromatic nitrogens is 4. The van der Waals surface area contributed by atoms with Crippen LogP contribution in [0.15, 0.2) is 64.6 Å². The van der Waals surface area contributed by atoms with Crippen molar-refractivity contribution in [1.82, 2.24) is 25.3 Å². The van der Waals surface area contributed by atoms with Gasteiger partial charge in [-0.2, -0.15) is 5.10 Å². The van der Waals surface area contributed by atoms with Crippen LogP contribution in [0.2, 0.25) is 0 Å². The zero-order valence-corrected chi connectivity index (χ0v) is 20.2. The Balaban J connectivity index is 1.29. The lowest BCUT2D eigenvalue weighted by atomic mass is 9.97. The number of hydrogen-bond donors (Lipinski definition) is 1. The Bertz CT molecular complexity index is 1450. The Labute approximate surface area is 209 Å². The molecular weight excluding hydrogens is 454 g/mol. The SMILES string of the molecule is Cc1nnc(-c2nn(-c3ccc(C(=O)NCCC4=CCCCC4)cc3)c3c2COc2ccccc2-3)o1. The topological polar surface area (TPSA) is 95.1 Å². The number of aryl methyl sites for hydroxylation is 1. The van der Waals surface area contributed by atoms with Gasteiger partial charge in [-0.3, -0.25) is 4.79 Å². The number of rotatable bonds is 6. The van der Waals surface area contributed by atoms with Gasteiger partial charge in [0.1, 0.15) is 12.4 Å². The number of carbonyl (C=O) groups excluding carboxylic acids is 1. The minimum Gasteiger partial charge on any atom is -0.488 e. The first-order valence-corrected chi connectivity index (χ1v) is 12.4. The van der Waals surface area contributed by atoms with E-state index in [1.54, 1.807) is 6.92 Å². The Morgan fingerprint density at radius 3 is 2.72 bits per heavy atom. The molecule has 36 heavy (non-hydrogen) atoms. The summed E-state index contributed by atoms with van der Waals surface area (Å²) < 4.78 is 13.6. The maximum Gasteiger partial charge on any atom is 0.268 e. The molecule has 1 amide bonds. The number of amides is 1. The van der Waals surface area contributed by atoms with Gasteiger partial charge in [0.05, 0.1) is 11.4 Å². The summed E-state index contributed by atoms with van der Waals surface area (Å²) >= 11 is 0. The fraction of sp³-hybridized carbons (Fsp3) is 0.286. The van der Waals surface area contributed by atoms with Crippen LogP contribution in [-0.2, 0) is 6.61 Å². The van der Waals surface area contributed by atoms with Crippen LogP contribution in [0.4, 0.5) is 0 Å². The fourth-order valence-electron chi connectivity index (χ4n) is 4.88. The van der Waals surface area contributed by atoms with Gasteiger partial charge in [0.25, 0.3) is 11.8 Å². The van der Waals surface area contributed by atoms with Crippen molar-refractivity contribution in [3.8, 4) is 34.3 Å². The number of ether oxygens (including phenoxy) is 1. The van der Waals surface area contributed by atoms with Crippen LogP contribution in [0.25, 0.3) is 28.5 Å². The minimum absolute atomic E-state index is 0.0683. The average Bonchev–Trinajstić information content (AvgIpc) is 3.53. The quantitative estimate of drug-likeness (QED) is 0.370. The summed E-state index contributed by atoms with van der Waals surface area (Å²) in [6.07, 6.45) is 8.08. The number of hydrogen-bond acceptors (Lipinski definition) is 6. The Morgan fingerprint density at radius 2 is 1.94 bits per heavy atom. The molecule has 0 saturated carbocycles. The fourth-order valence-corrected chi connectivity index (χ4v) is 4.88. The van der Waals surface area contributed by atoms with Gasteiger partial charge in [-0.15, -0.1) is 10.2 Å². The van der Waals surface area contributed by atoms with Crippen LogP contribution in [0.3, 0.4) is 0 Å². The van der Waals surface area contributed by atoms with E-state index < -0.39 is 0 Å². The van der Waals surface area contributed by atoms with Crippen molar-refractivity contribution in [3.05, 3.63) is 77.2 Å². The molecule has 0 spiro atoms. The molecule has 0 fully saturated rings. The maximum absolute atomic E-state index is 12.7. The largest absolute Gasteiger partial charge is 0.488 e. The number of para-hydroxylation sites is 1. The van der Waals surface area contributed by atoms with Crippen LogP contribution < -0.4 is 10.1 Å². The second kappa shape index (κ2) is 9.45. The molecule has 1 aliphatic carbocycles. The van der Waals surface area contributed by atoms with E-state index in [9.17, 15) is 4.79 Å². The van der Waals surface area contributed by atoms with Gasteiger partial charge in [-0.25, -0.2) is 4.68 Å². The summed E-state index contributed by atoms with van der Waals surface area (Å²) in [6, 6.07) is 15.4. The third-order valence-electron chi connectivity index (χ3n) is 6.72. The molecule has 2 aliphatic rings. The third-order valence-corrected chi connectivity index (χ3v) is 6.72. The standard InChI is InChI=1S/C28H27N5O3/c1-18-30-31-28(36-18)25-23-17-35-24-10-6-5-9-22(24)26(23)33(32-25)21-13-11-20(12-14-21)27(34)29-16-15-19-7-3-2-4-8-19/h5-7,9-14H,2-4,8,15-17H2,1H3,(H,29,34). The van der Waals surface area contributed by atoms with Gasteiger partial charge in [-0.05, 0) is 68.5 Å². The summed E-state index contributed by atoms with van der Waals surface area (Å²) in [7, 11) is 0. The minimum atomic E-state index is -0.0683. The zero-order chi connectivity index (χ0) is 24.5. The molecule has 2 aromatic carbocycles. The van der Waals surface area contributed by atoms with Gasteiger partial charge in [-0.1, -0.05) is 23.8 Å². The molecule has 0 saturated heterocycles. The van der Waals surface area contributed by atoms with E-state index >= 15 is 0 Å². The van der Waals surface area contributed by atoms with Crippen LogP contribution in [0.5, 0.6) is 5.75 Å². The molecule has 0 radical (unpaired) electrons. The molecule has 6 rings (SSSR count). The molecule has 2 aromatic heterocycles. The molecular formula is C28H27N5O3. The van der Waals surface area contributed by atoms with Crippen molar-refractivity contribution in [1.29, 1.82) is 0 Å². The normalized spacial score (nSPS) is 14.4. The van der Waals surface area contributed by atoms with Crippen LogP contribution >= 0.6 is 0 Å². The van der Waals surface area contributed by atoms with Crippen molar-refractivity contribution in [2.75, 3.05) is 6.54 Å². The van der Waals surface area contributed by atoms with E-state index in [0.717, 1.165) is 47.5 Å². The van der Waals surface area contributed by atoms with Crippen LogP contribution in [0.1, 0.15) is 53.9 Å². The number of benzene rings is 2. The smallest absolute Gasteiger partial charge is 0.268 e. The summed E-state index contributed by atoms with van der Waals surface area (Å²) in [6.45, 7) is 2.75. The first-order valence-electron chi connectivity index (χ1n) is 12.4. The lowest BCUT2D eigenvalue weighted by molar-refractivity contribution is 0.0954. The summed E-state index contributed by atoms with van der Waals surface area (Å²) in [5.74, 6) is 1.56. The van der Waals surface area contributed by atoms with E-state index in [1.807, 2.05) is 53.2 Å². The molecule has 1 aliphatic heterocycles. The number of carbonyl (C=O) groups is 1. The lowest BCUT2D eigenvalue weighted by Crippen LogP contribution is -2.24. The predicted octanol–water partition coefficient (Wildman–Crippen LogP) is 5.41. The van der Waals surface area contributed by atoms with Crippen molar-refractivity contribution >= 4 is 5.91 Å². The zero-order valence-electron chi connectivity index (χ0n) is 20.2. The van der Waals surface area contributed by atoms with E-state index in [-0.39, 0.29) is 5.91 Å². The number of nitrogens with one attached hydrogen (secondary N) is 1. The van der Waals surface area contributed by atoms with Gasteiger partial charge in [0, 0.05) is 30.2 Å². The molecule has 182 valence electrons. The third kappa shape index (κ3) is 4.19. The second-order valence-corrected chi connectivity index (χ2v) is 9.16.